The van der Waals surface area contributed by atoms with E-state index in [1.165, 1.54) is 24.3 Å². The first-order valence-corrected chi connectivity index (χ1v) is 6.62. The molecule has 0 radical (unpaired) electrons. The van der Waals surface area contributed by atoms with Crippen LogP contribution >= 0.6 is 15.9 Å². The third-order valence-electron chi connectivity index (χ3n) is 2.41. The fourth-order valence-corrected chi connectivity index (χ4v) is 1.68. The number of carbonyl (C=O) groups excluding carboxylic acids is 1. The average Bonchev–Trinajstić information content (AvgIpc) is 2.48. The smallest absolute Gasteiger partial charge is 0.269 e. The maximum Gasteiger partial charge on any atom is 0.269 e. The minimum atomic E-state index is -0.504. The second-order valence-corrected chi connectivity index (χ2v) is 4.87. The summed E-state index contributed by atoms with van der Waals surface area (Å²) >= 11 is 3.24. The molecule has 7 nitrogen and oxygen atoms in total. The first-order chi connectivity index (χ1) is 10.0. The van der Waals surface area contributed by atoms with Gasteiger partial charge in [0.25, 0.3) is 11.6 Å². The summed E-state index contributed by atoms with van der Waals surface area (Å²) in [6, 6.07) is 8.88. The van der Waals surface area contributed by atoms with Crippen molar-refractivity contribution >= 4 is 33.3 Å². The Morgan fingerprint density at radius 2 is 2.00 bits per heavy atom. The summed E-state index contributed by atoms with van der Waals surface area (Å²) in [7, 11) is 0. The van der Waals surface area contributed by atoms with Crippen LogP contribution in [0.4, 0.5) is 11.5 Å². The highest BCUT2D eigenvalue weighted by Gasteiger charge is 2.07. The highest BCUT2D eigenvalue weighted by molar-refractivity contribution is 9.10. The van der Waals surface area contributed by atoms with Gasteiger partial charge >= 0.3 is 0 Å². The molecule has 0 aliphatic heterocycles. The maximum atomic E-state index is 11.6. The number of nitrogens with zero attached hydrogens (tertiary/aromatic N) is 2. The van der Waals surface area contributed by atoms with E-state index in [0.717, 1.165) is 4.47 Å². The predicted octanol–water partition coefficient (Wildman–Crippen LogP) is 2.77. The third-order valence-corrected chi connectivity index (χ3v) is 2.88. The van der Waals surface area contributed by atoms with E-state index in [1.807, 2.05) is 0 Å². The minimum absolute atomic E-state index is 0.0362. The SMILES string of the molecule is O=C(COc1ccc([N+](=O)[O-])cc1)Nc1ccc(Br)cn1. The number of hydrogen-bond donors (Lipinski definition) is 1. The summed E-state index contributed by atoms with van der Waals surface area (Å²) < 4.78 is 6.03. The second-order valence-electron chi connectivity index (χ2n) is 3.95. The van der Waals surface area contributed by atoms with E-state index in [4.69, 9.17) is 4.74 Å². The monoisotopic (exact) mass is 351 g/mol. The standard InChI is InChI=1S/C13H10BrN3O4/c14-9-1-6-12(15-7-9)16-13(18)8-21-11-4-2-10(3-5-11)17(19)20/h1-7H,8H2,(H,15,16,18). The Bertz CT molecular complexity index is 643. The number of benzene rings is 1. The van der Waals surface area contributed by atoms with Gasteiger partial charge in [0.1, 0.15) is 11.6 Å². The molecule has 0 saturated carbocycles. The second kappa shape index (κ2) is 6.80. The van der Waals surface area contributed by atoms with Gasteiger partial charge < -0.3 is 10.1 Å². The predicted molar refractivity (Wildman–Crippen MR) is 79.2 cm³/mol. The Morgan fingerprint density at radius 3 is 2.57 bits per heavy atom. The molecule has 1 N–H and O–H groups in total. The lowest BCUT2D eigenvalue weighted by Crippen LogP contribution is -2.20. The number of nitrogens with one attached hydrogen (secondary N) is 1. The number of pyridine rings is 1. The molecule has 2 rings (SSSR count). The largest absolute Gasteiger partial charge is 0.484 e. The van der Waals surface area contributed by atoms with Gasteiger partial charge in [-0.1, -0.05) is 0 Å². The highest BCUT2D eigenvalue weighted by atomic mass is 79.9. The minimum Gasteiger partial charge on any atom is -0.484 e. The first kappa shape index (κ1) is 14.9. The zero-order valence-corrected chi connectivity index (χ0v) is 12.2. The van der Waals surface area contributed by atoms with Gasteiger partial charge in [0.2, 0.25) is 0 Å². The summed E-state index contributed by atoms with van der Waals surface area (Å²) in [6.07, 6.45) is 1.56. The average molecular weight is 352 g/mol. The molecule has 2 aromatic rings. The molecular weight excluding hydrogens is 342 g/mol. The van der Waals surface area contributed by atoms with Gasteiger partial charge in [-0.25, -0.2) is 4.98 Å². The number of halogens is 1. The van der Waals surface area contributed by atoms with Crippen molar-refractivity contribution in [2.24, 2.45) is 0 Å². The molecule has 21 heavy (non-hydrogen) atoms. The Labute approximate surface area is 128 Å². The van der Waals surface area contributed by atoms with Crippen molar-refractivity contribution in [2.45, 2.75) is 0 Å². The van der Waals surface area contributed by atoms with Crippen molar-refractivity contribution in [1.82, 2.24) is 4.98 Å². The fourth-order valence-electron chi connectivity index (χ4n) is 1.44. The fraction of sp³-hybridized carbons (Fsp3) is 0.0769. The summed E-state index contributed by atoms with van der Waals surface area (Å²) in [5.74, 6) is 0.415. The van der Waals surface area contributed by atoms with Gasteiger partial charge in [-0.3, -0.25) is 14.9 Å². The van der Waals surface area contributed by atoms with E-state index in [-0.39, 0.29) is 18.2 Å². The molecule has 1 heterocycles. The quantitative estimate of drug-likeness (QED) is 0.660. The van der Waals surface area contributed by atoms with Crippen molar-refractivity contribution < 1.29 is 14.5 Å². The molecule has 0 aliphatic carbocycles. The number of non-ortho nitro benzene ring substituents is 1. The van der Waals surface area contributed by atoms with Gasteiger partial charge in [-0.2, -0.15) is 0 Å². The zero-order chi connectivity index (χ0) is 15.2. The summed E-state index contributed by atoms with van der Waals surface area (Å²) in [5, 5.41) is 13.1. The van der Waals surface area contributed by atoms with Crippen molar-refractivity contribution in [2.75, 3.05) is 11.9 Å². The van der Waals surface area contributed by atoms with Crippen LogP contribution < -0.4 is 10.1 Å². The van der Waals surface area contributed by atoms with Crippen LogP contribution in [0.3, 0.4) is 0 Å². The Kier molecular flexibility index (Phi) is 4.83. The normalized spacial score (nSPS) is 9.95. The van der Waals surface area contributed by atoms with Crippen LogP contribution in [-0.4, -0.2) is 22.4 Å². The molecule has 0 fully saturated rings. The van der Waals surface area contributed by atoms with E-state index in [0.29, 0.717) is 11.6 Å². The Balaban J connectivity index is 1.86. The molecule has 8 heteroatoms. The van der Waals surface area contributed by atoms with Crippen LogP contribution in [0, 0.1) is 10.1 Å². The lowest BCUT2D eigenvalue weighted by molar-refractivity contribution is -0.384. The molecule has 1 amide bonds. The molecule has 108 valence electrons. The number of carbonyl (C=O) groups is 1. The molecule has 0 bridgehead atoms. The van der Waals surface area contributed by atoms with Crippen molar-refractivity contribution in [3.05, 3.63) is 57.2 Å². The Morgan fingerprint density at radius 1 is 1.29 bits per heavy atom. The van der Waals surface area contributed by atoms with Crippen LogP contribution in [0.1, 0.15) is 0 Å². The molecule has 0 atom stereocenters. The molecule has 1 aromatic heterocycles. The van der Waals surface area contributed by atoms with Crippen LogP contribution in [0.5, 0.6) is 5.75 Å². The van der Waals surface area contributed by atoms with Crippen molar-refractivity contribution in [1.29, 1.82) is 0 Å². The van der Waals surface area contributed by atoms with Crippen molar-refractivity contribution in [3.63, 3.8) is 0 Å². The molecule has 0 spiro atoms. The van der Waals surface area contributed by atoms with E-state index >= 15 is 0 Å². The van der Waals surface area contributed by atoms with Crippen LogP contribution in [0.25, 0.3) is 0 Å². The van der Waals surface area contributed by atoms with Crippen LogP contribution in [-0.2, 0) is 4.79 Å². The van der Waals surface area contributed by atoms with Gasteiger partial charge in [0.15, 0.2) is 6.61 Å². The number of ether oxygens (including phenoxy) is 1. The van der Waals surface area contributed by atoms with E-state index < -0.39 is 4.92 Å². The van der Waals surface area contributed by atoms with Gasteiger partial charge in [-0.15, -0.1) is 0 Å². The topological polar surface area (TPSA) is 94.4 Å². The maximum absolute atomic E-state index is 11.6. The summed E-state index contributed by atoms with van der Waals surface area (Å²) in [5.41, 5.74) is -0.0362. The number of hydrogen-bond acceptors (Lipinski definition) is 5. The van der Waals surface area contributed by atoms with Crippen LogP contribution in [0.15, 0.2) is 47.1 Å². The lowest BCUT2D eigenvalue weighted by atomic mass is 10.3. The summed E-state index contributed by atoms with van der Waals surface area (Å²) in [6.45, 7) is -0.213. The lowest BCUT2D eigenvalue weighted by Gasteiger charge is -2.06. The summed E-state index contributed by atoms with van der Waals surface area (Å²) in [4.78, 5) is 25.6. The number of nitro benzene ring substituents is 1. The van der Waals surface area contributed by atoms with Crippen molar-refractivity contribution in [3.8, 4) is 5.75 Å². The Hall–Kier alpha value is -2.48. The number of anilines is 1. The molecule has 0 saturated heterocycles. The third kappa shape index (κ3) is 4.53. The molecule has 0 aliphatic rings. The van der Waals surface area contributed by atoms with E-state index in [2.05, 4.69) is 26.2 Å². The van der Waals surface area contributed by atoms with Gasteiger partial charge in [-0.05, 0) is 40.2 Å². The van der Waals surface area contributed by atoms with Gasteiger partial charge in [0.05, 0.1) is 4.92 Å². The molecular formula is C13H10BrN3O4. The van der Waals surface area contributed by atoms with Crippen LogP contribution in [0.2, 0.25) is 0 Å². The first-order valence-electron chi connectivity index (χ1n) is 5.83. The molecule has 1 aromatic carbocycles. The highest BCUT2D eigenvalue weighted by Crippen LogP contribution is 2.17. The zero-order valence-electron chi connectivity index (χ0n) is 10.7. The number of nitro groups is 1. The number of amides is 1. The molecule has 0 unspecified atom stereocenters. The number of rotatable bonds is 5. The van der Waals surface area contributed by atoms with E-state index in [9.17, 15) is 14.9 Å². The number of aromatic nitrogens is 1. The van der Waals surface area contributed by atoms with Gasteiger partial charge in [0, 0.05) is 22.8 Å². The van der Waals surface area contributed by atoms with E-state index in [1.54, 1.807) is 18.3 Å².